The number of nitrogens with zero attached hydrogens (tertiary/aromatic N) is 3. The van der Waals surface area contributed by atoms with Crippen LogP contribution in [0.15, 0.2) is 54.9 Å². The fourth-order valence-corrected chi connectivity index (χ4v) is 4.07. The van der Waals surface area contributed by atoms with Gasteiger partial charge in [0, 0.05) is 27.8 Å². The van der Waals surface area contributed by atoms with Gasteiger partial charge in [-0.15, -0.1) is 0 Å². The van der Waals surface area contributed by atoms with Gasteiger partial charge in [0.25, 0.3) is 11.7 Å². The van der Waals surface area contributed by atoms with Gasteiger partial charge < -0.3 is 4.57 Å². The van der Waals surface area contributed by atoms with Crippen LogP contribution in [0.4, 0.5) is 5.95 Å². The molecule has 0 spiro atoms. The molecule has 4 aromatic rings. The topological polar surface area (TPSA) is 76.9 Å². The Morgan fingerprint density at radius 1 is 1.03 bits per heavy atom. The molecule has 9 heteroatoms. The van der Waals surface area contributed by atoms with E-state index >= 15 is 0 Å². The van der Waals surface area contributed by atoms with Gasteiger partial charge in [0.1, 0.15) is 5.15 Å². The van der Waals surface area contributed by atoms with Crippen molar-refractivity contribution in [2.75, 3.05) is 5.32 Å². The zero-order valence-corrected chi connectivity index (χ0v) is 18.5. The number of carbonyl (C=O) groups excluding carboxylic acids is 2. The molecule has 0 atom stereocenters. The Hall–Kier alpha value is -2.93. The predicted octanol–water partition coefficient (Wildman–Crippen LogP) is 5.57. The van der Waals surface area contributed by atoms with E-state index in [2.05, 4.69) is 15.3 Å². The third kappa shape index (κ3) is 4.28. The summed E-state index contributed by atoms with van der Waals surface area (Å²) in [5, 5.41) is 4.11. The van der Waals surface area contributed by atoms with Crippen molar-refractivity contribution in [1.29, 1.82) is 0 Å². The Balaban J connectivity index is 1.78. The van der Waals surface area contributed by atoms with E-state index < -0.39 is 11.7 Å². The summed E-state index contributed by atoms with van der Waals surface area (Å²) in [7, 11) is 0. The van der Waals surface area contributed by atoms with E-state index in [4.69, 9.17) is 34.8 Å². The van der Waals surface area contributed by atoms with E-state index in [1.807, 2.05) is 25.1 Å². The summed E-state index contributed by atoms with van der Waals surface area (Å²) in [5.74, 6) is -1.63. The zero-order valence-electron chi connectivity index (χ0n) is 16.2. The van der Waals surface area contributed by atoms with Crippen LogP contribution in [0.2, 0.25) is 15.2 Å². The quantitative estimate of drug-likeness (QED) is 0.304. The van der Waals surface area contributed by atoms with Gasteiger partial charge in [0.15, 0.2) is 0 Å². The van der Waals surface area contributed by atoms with E-state index in [-0.39, 0.29) is 16.7 Å². The fourth-order valence-electron chi connectivity index (χ4n) is 3.26. The molecule has 1 N–H and O–H groups in total. The lowest BCUT2D eigenvalue weighted by atomic mass is 10.1. The molecule has 0 unspecified atom stereocenters. The van der Waals surface area contributed by atoms with Crippen LogP contribution in [-0.2, 0) is 11.3 Å². The molecule has 0 aliphatic carbocycles. The lowest BCUT2D eigenvalue weighted by Crippen LogP contribution is -2.24. The minimum absolute atomic E-state index is 0.0323. The maximum absolute atomic E-state index is 13.1. The number of hydrogen-bond acceptors (Lipinski definition) is 4. The largest absolute Gasteiger partial charge is 0.326 e. The summed E-state index contributed by atoms with van der Waals surface area (Å²) in [5.41, 5.74) is 2.51. The zero-order chi connectivity index (χ0) is 22.1. The molecule has 0 fully saturated rings. The number of hydrogen-bond donors (Lipinski definition) is 1. The molecule has 1 amide bonds. The van der Waals surface area contributed by atoms with Gasteiger partial charge >= 0.3 is 0 Å². The highest BCUT2D eigenvalue weighted by Crippen LogP contribution is 2.33. The first-order chi connectivity index (χ1) is 14.8. The van der Waals surface area contributed by atoms with Gasteiger partial charge in [0.05, 0.1) is 17.6 Å². The van der Waals surface area contributed by atoms with Crippen molar-refractivity contribution in [3.8, 4) is 0 Å². The SMILES string of the molecule is Cc1ccc2c(c1)c(C(=O)C(=O)Nc1ncccn1)c(Cl)n2Cc1ccc(Cl)cc1Cl. The fraction of sp³-hybridized carbons (Fsp3) is 0.0909. The van der Waals surface area contributed by atoms with Gasteiger partial charge in [-0.2, -0.15) is 0 Å². The normalized spacial score (nSPS) is 11.0. The van der Waals surface area contributed by atoms with Crippen LogP contribution in [0.5, 0.6) is 0 Å². The first-order valence-corrected chi connectivity index (χ1v) is 10.3. The van der Waals surface area contributed by atoms with Crippen LogP contribution in [0.3, 0.4) is 0 Å². The molecule has 0 aliphatic heterocycles. The van der Waals surface area contributed by atoms with E-state index in [0.717, 1.165) is 11.1 Å². The molecular weight excluding hydrogens is 459 g/mol. The molecule has 31 heavy (non-hydrogen) atoms. The minimum atomic E-state index is -0.877. The number of ketones is 1. The van der Waals surface area contributed by atoms with E-state index in [1.165, 1.54) is 12.4 Å². The summed E-state index contributed by atoms with van der Waals surface area (Å²) in [6.45, 7) is 2.19. The van der Waals surface area contributed by atoms with E-state index in [0.29, 0.717) is 27.5 Å². The number of aromatic nitrogens is 3. The molecule has 6 nitrogen and oxygen atoms in total. The van der Waals surface area contributed by atoms with Crippen molar-refractivity contribution in [1.82, 2.24) is 14.5 Å². The average molecular weight is 474 g/mol. The van der Waals surface area contributed by atoms with Crippen LogP contribution in [0.25, 0.3) is 10.9 Å². The van der Waals surface area contributed by atoms with Gasteiger partial charge in [0.2, 0.25) is 5.95 Å². The number of nitrogens with one attached hydrogen (secondary N) is 1. The summed E-state index contributed by atoms with van der Waals surface area (Å²) in [4.78, 5) is 33.5. The van der Waals surface area contributed by atoms with Gasteiger partial charge in [-0.05, 0) is 42.8 Å². The predicted molar refractivity (Wildman–Crippen MR) is 122 cm³/mol. The molecular formula is C22H15Cl3N4O2. The van der Waals surface area contributed by atoms with Crippen LogP contribution in [0.1, 0.15) is 21.5 Å². The number of fused-ring (bicyclic) bond motifs is 1. The molecule has 2 heterocycles. The maximum Gasteiger partial charge on any atom is 0.299 e. The number of Topliss-reactive ketones (excluding diaryl/α,β-unsaturated/α-hetero) is 1. The molecule has 0 bridgehead atoms. The van der Waals surface area contributed by atoms with Gasteiger partial charge in [-0.25, -0.2) is 9.97 Å². The third-order valence-corrected chi connectivity index (χ3v) is 5.70. The summed E-state index contributed by atoms with van der Waals surface area (Å²) in [6, 6.07) is 12.4. The molecule has 2 aromatic heterocycles. The number of rotatable bonds is 5. The Morgan fingerprint density at radius 3 is 2.48 bits per heavy atom. The van der Waals surface area contributed by atoms with Crippen LogP contribution in [0, 0.1) is 6.92 Å². The van der Waals surface area contributed by atoms with Crippen LogP contribution < -0.4 is 5.32 Å². The third-order valence-electron chi connectivity index (χ3n) is 4.72. The van der Waals surface area contributed by atoms with Crippen molar-refractivity contribution in [3.05, 3.63) is 86.7 Å². The highest BCUT2D eigenvalue weighted by molar-refractivity contribution is 6.51. The second kappa shape index (κ2) is 8.67. The number of anilines is 1. The van der Waals surface area contributed by atoms with Gasteiger partial charge in [-0.1, -0.05) is 52.5 Å². The Labute approximate surface area is 192 Å². The van der Waals surface area contributed by atoms with Crippen molar-refractivity contribution in [3.63, 3.8) is 0 Å². The Bertz CT molecular complexity index is 1320. The Morgan fingerprint density at radius 2 is 1.77 bits per heavy atom. The van der Waals surface area contributed by atoms with Crippen molar-refractivity contribution in [2.24, 2.45) is 0 Å². The highest BCUT2D eigenvalue weighted by atomic mass is 35.5. The molecule has 0 aliphatic rings. The molecule has 4 rings (SSSR count). The van der Waals surface area contributed by atoms with E-state index in [1.54, 1.807) is 28.8 Å². The van der Waals surface area contributed by atoms with Crippen molar-refractivity contribution >= 4 is 63.3 Å². The maximum atomic E-state index is 13.1. The first-order valence-electron chi connectivity index (χ1n) is 9.20. The van der Waals surface area contributed by atoms with Crippen molar-refractivity contribution in [2.45, 2.75) is 13.5 Å². The lowest BCUT2D eigenvalue weighted by molar-refractivity contribution is -0.112. The summed E-state index contributed by atoms with van der Waals surface area (Å²) >= 11 is 19.0. The number of benzene rings is 2. The smallest absolute Gasteiger partial charge is 0.299 e. The summed E-state index contributed by atoms with van der Waals surface area (Å²) in [6.07, 6.45) is 2.93. The number of aryl methyl sites for hydroxylation is 1. The standard InChI is InChI=1S/C22H15Cl3N4O2/c1-12-3-6-17-15(9-12)18(19(30)21(31)28-22-26-7-2-8-27-22)20(25)29(17)11-13-4-5-14(23)10-16(13)24/h2-10H,11H2,1H3,(H,26,27,28,31). The molecule has 0 saturated heterocycles. The van der Waals surface area contributed by atoms with E-state index in [9.17, 15) is 9.59 Å². The Kier molecular flexibility index (Phi) is 5.96. The highest BCUT2D eigenvalue weighted by Gasteiger charge is 2.27. The average Bonchev–Trinajstić information content (AvgIpc) is 3.00. The molecule has 156 valence electrons. The number of halogens is 3. The number of carbonyl (C=O) groups is 2. The first kappa shape index (κ1) is 21.3. The molecule has 0 radical (unpaired) electrons. The monoisotopic (exact) mass is 472 g/mol. The lowest BCUT2D eigenvalue weighted by Gasteiger charge is -2.10. The second-order valence-electron chi connectivity index (χ2n) is 6.86. The minimum Gasteiger partial charge on any atom is -0.326 e. The molecule has 2 aromatic carbocycles. The number of amides is 1. The molecule has 0 saturated carbocycles. The van der Waals surface area contributed by atoms with Crippen LogP contribution in [-0.4, -0.2) is 26.2 Å². The summed E-state index contributed by atoms with van der Waals surface area (Å²) < 4.78 is 1.74. The van der Waals surface area contributed by atoms with Crippen molar-refractivity contribution < 1.29 is 9.59 Å². The van der Waals surface area contributed by atoms with Crippen LogP contribution >= 0.6 is 34.8 Å². The van der Waals surface area contributed by atoms with Gasteiger partial charge in [-0.3, -0.25) is 14.9 Å². The second-order valence-corrected chi connectivity index (χ2v) is 8.07.